The van der Waals surface area contributed by atoms with E-state index in [9.17, 15) is 19.8 Å². The number of aliphatic hydroxyl groups excluding tert-OH is 1. The summed E-state index contributed by atoms with van der Waals surface area (Å²) in [4.78, 5) is 43.8. The molecule has 0 amide bonds. The first-order valence-electron chi connectivity index (χ1n) is 19.9. The topological polar surface area (TPSA) is 138 Å². The molecule has 10 nitrogen and oxygen atoms in total. The van der Waals surface area contributed by atoms with E-state index in [4.69, 9.17) is 23.1 Å². The first kappa shape index (κ1) is 42.0. The predicted octanol–water partition coefficient (Wildman–Crippen LogP) is 7.14. The molecule has 1 aromatic carbocycles. The Hall–Kier alpha value is -2.20. The predicted molar refractivity (Wildman–Crippen MR) is 207 cm³/mol. The highest BCUT2D eigenvalue weighted by molar-refractivity contribution is 6.74. The van der Waals surface area contributed by atoms with Crippen molar-refractivity contribution in [2.24, 2.45) is 16.7 Å². The molecule has 2 N–H and O–H groups in total. The lowest BCUT2D eigenvalue weighted by Crippen LogP contribution is -2.82. The second-order valence-electron chi connectivity index (χ2n) is 16.9. The highest BCUT2D eigenvalue weighted by atomic mass is 28.4. The van der Waals surface area contributed by atoms with Crippen LogP contribution in [0.5, 0.6) is 0 Å². The second kappa shape index (κ2) is 15.0. The Labute approximate surface area is 318 Å². The lowest BCUT2D eigenvalue weighted by molar-refractivity contribution is -0.344. The van der Waals surface area contributed by atoms with Gasteiger partial charge in [0, 0.05) is 25.2 Å². The minimum Gasteiger partial charge on any atom is -0.455 e. The quantitative estimate of drug-likeness (QED) is 0.121. The van der Waals surface area contributed by atoms with Crippen LogP contribution in [0.1, 0.15) is 99.4 Å². The van der Waals surface area contributed by atoms with Crippen molar-refractivity contribution in [3.05, 3.63) is 47.0 Å². The van der Waals surface area contributed by atoms with Crippen molar-refractivity contribution in [3.8, 4) is 0 Å². The van der Waals surface area contributed by atoms with E-state index in [1.54, 1.807) is 30.3 Å². The molecule has 0 aromatic heterocycles. The van der Waals surface area contributed by atoms with Gasteiger partial charge in [0.25, 0.3) is 0 Å². The number of hydrogen-bond donors (Lipinski definition) is 2. The first-order chi connectivity index (χ1) is 24.9. The standard InChI is InChI=1S/C41H64O10Si2/c1-12-52(13-2,14-3)50-30-23-31-40(25-47-31,49-27(8)42)34-36(48-37(45)28-21-19-18-20-22-28)41(46)24-29(43)26(7)32(38(41,9)10)33(35(44)39(30,34)11)51-53(15-4,16-5)17-6/h18-22,29-31,33-34,36,43,46H,12-17,23-25H2,1-11H3/t29?,30-,31+,33+,34-,36-,39+,40-,41+/m0/s1. The average molecular weight is 773 g/mol. The maximum atomic E-state index is 16.3. The van der Waals surface area contributed by atoms with Crippen molar-refractivity contribution >= 4 is 34.4 Å². The van der Waals surface area contributed by atoms with Gasteiger partial charge in [-0.3, -0.25) is 9.59 Å². The van der Waals surface area contributed by atoms with Crippen LogP contribution in [0.15, 0.2) is 41.5 Å². The van der Waals surface area contributed by atoms with Crippen LogP contribution >= 0.6 is 0 Å². The van der Waals surface area contributed by atoms with Crippen LogP contribution in [0.3, 0.4) is 0 Å². The molecule has 1 heterocycles. The van der Waals surface area contributed by atoms with Crippen LogP contribution < -0.4 is 0 Å². The number of rotatable bonds is 13. The normalized spacial score (nSPS) is 35.3. The second-order valence-corrected chi connectivity index (χ2v) is 26.3. The summed E-state index contributed by atoms with van der Waals surface area (Å²) < 4.78 is 33.9. The van der Waals surface area contributed by atoms with E-state index in [1.165, 1.54) is 6.92 Å². The Kier molecular flexibility index (Phi) is 11.9. The third kappa shape index (κ3) is 6.45. The molecule has 2 bridgehead atoms. The number of aliphatic hydroxyl groups is 2. The number of hydrogen-bond acceptors (Lipinski definition) is 10. The van der Waals surface area contributed by atoms with Crippen molar-refractivity contribution in [2.75, 3.05) is 6.61 Å². The molecule has 1 aliphatic heterocycles. The zero-order chi connectivity index (χ0) is 39.4. The smallest absolute Gasteiger partial charge is 0.338 e. The highest BCUT2D eigenvalue weighted by Crippen LogP contribution is 2.65. The fourth-order valence-corrected chi connectivity index (χ4v) is 16.1. The number of carbonyl (C=O) groups is 3. The van der Waals surface area contributed by atoms with E-state index in [0.29, 0.717) is 11.1 Å². The van der Waals surface area contributed by atoms with Gasteiger partial charge in [-0.1, -0.05) is 73.6 Å². The molecule has 12 heteroatoms. The number of esters is 2. The van der Waals surface area contributed by atoms with Gasteiger partial charge < -0.3 is 33.3 Å². The fraction of sp³-hybridized carbons (Fsp3) is 0.732. The van der Waals surface area contributed by atoms with Gasteiger partial charge in [0.15, 0.2) is 28.0 Å². The maximum absolute atomic E-state index is 16.3. The largest absolute Gasteiger partial charge is 0.455 e. The molecular formula is C41H64O10Si2. The lowest BCUT2D eigenvalue weighted by Gasteiger charge is -2.68. The molecule has 0 spiro atoms. The maximum Gasteiger partial charge on any atom is 0.338 e. The van der Waals surface area contributed by atoms with Crippen LogP contribution in [0.4, 0.5) is 0 Å². The Balaban J connectivity index is 1.91. The third-order valence-electron chi connectivity index (χ3n) is 14.5. The highest BCUT2D eigenvalue weighted by Gasteiger charge is 2.78. The number of fused-ring (bicyclic) bond motifs is 5. The van der Waals surface area contributed by atoms with Gasteiger partial charge >= 0.3 is 11.9 Å². The van der Waals surface area contributed by atoms with E-state index in [2.05, 4.69) is 41.5 Å². The van der Waals surface area contributed by atoms with Crippen molar-refractivity contribution in [1.29, 1.82) is 0 Å². The van der Waals surface area contributed by atoms with Gasteiger partial charge in [-0.15, -0.1) is 0 Å². The van der Waals surface area contributed by atoms with Crippen molar-refractivity contribution in [3.63, 3.8) is 0 Å². The summed E-state index contributed by atoms with van der Waals surface area (Å²) in [7, 11) is -4.99. The van der Waals surface area contributed by atoms with Crippen LogP contribution in [0, 0.1) is 16.7 Å². The first-order valence-corrected chi connectivity index (χ1v) is 25.0. The van der Waals surface area contributed by atoms with Gasteiger partial charge in [-0.25, -0.2) is 4.79 Å². The van der Waals surface area contributed by atoms with Crippen LogP contribution in [-0.4, -0.2) is 92.9 Å². The number of ketones is 1. The molecule has 4 aliphatic rings. The minimum atomic E-state index is -2.55. The number of benzene rings is 1. The van der Waals surface area contributed by atoms with Crippen LogP contribution in [0.2, 0.25) is 36.3 Å². The summed E-state index contributed by atoms with van der Waals surface area (Å²) in [6, 6.07) is 13.3. The van der Waals surface area contributed by atoms with Gasteiger partial charge in [-0.05, 0) is 73.4 Å². The molecule has 0 radical (unpaired) electrons. The molecule has 3 aliphatic carbocycles. The van der Waals surface area contributed by atoms with Crippen LogP contribution in [-0.2, 0) is 32.7 Å². The van der Waals surface area contributed by atoms with Gasteiger partial charge in [-0.2, -0.15) is 0 Å². The Morgan fingerprint density at radius 1 is 0.906 bits per heavy atom. The van der Waals surface area contributed by atoms with E-state index >= 15 is 4.79 Å². The number of Topliss-reactive ketones (excluding diaryl/α,β-unsaturated/α-hetero) is 1. The number of ether oxygens (including phenoxy) is 3. The van der Waals surface area contributed by atoms with Crippen LogP contribution in [0.25, 0.3) is 0 Å². The Bertz CT molecular complexity index is 1550. The SMILES string of the molecule is CC[Si](CC)(CC)O[C@H]1C(=O)[C@]2(C)[C@@H](O[Si](CC)(CC)CC)C[C@H]3OC[C@@]3(OC(C)=O)[C@H]2[C@H](OC(=O)c2ccccc2)[C@]2(O)CC(O)C(C)=C1C2(C)C. The van der Waals surface area contributed by atoms with E-state index in [1.807, 2.05) is 27.7 Å². The summed E-state index contributed by atoms with van der Waals surface area (Å²) in [5, 5.41) is 25.5. The van der Waals surface area contributed by atoms with Crippen molar-refractivity contribution < 1.29 is 47.7 Å². The van der Waals surface area contributed by atoms with Gasteiger partial charge in [0.1, 0.15) is 23.9 Å². The molecule has 5 rings (SSSR count). The summed E-state index contributed by atoms with van der Waals surface area (Å²) in [6.07, 6.45) is -5.08. The fourth-order valence-electron chi connectivity index (χ4n) is 10.4. The van der Waals surface area contributed by atoms with Crippen molar-refractivity contribution in [2.45, 2.75) is 167 Å². The molecule has 2 saturated carbocycles. The van der Waals surface area contributed by atoms with E-state index in [-0.39, 0.29) is 30.8 Å². The molecule has 1 aromatic rings. The molecule has 1 unspecified atom stereocenters. The summed E-state index contributed by atoms with van der Waals surface area (Å²) in [5.41, 5.74) is -4.81. The zero-order valence-corrected chi connectivity index (χ0v) is 35.9. The molecule has 9 atom stereocenters. The van der Waals surface area contributed by atoms with Gasteiger partial charge in [0.05, 0.1) is 35.7 Å². The summed E-state index contributed by atoms with van der Waals surface area (Å²) >= 11 is 0. The Morgan fingerprint density at radius 2 is 1.45 bits per heavy atom. The monoisotopic (exact) mass is 772 g/mol. The molecule has 296 valence electrons. The average Bonchev–Trinajstić information content (AvgIpc) is 3.13. The molecule has 53 heavy (non-hydrogen) atoms. The lowest BCUT2D eigenvalue weighted by atomic mass is 9.44. The summed E-state index contributed by atoms with van der Waals surface area (Å²) in [6.45, 7) is 21.4. The molecule has 3 fully saturated rings. The minimum absolute atomic E-state index is 0.0569. The summed E-state index contributed by atoms with van der Waals surface area (Å²) in [5.74, 6) is -2.66. The molecular weight excluding hydrogens is 709 g/mol. The third-order valence-corrected chi connectivity index (χ3v) is 23.8. The van der Waals surface area contributed by atoms with E-state index < -0.39 is 87.0 Å². The zero-order valence-electron chi connectivity index (χ0n) is 33.9. The molecule has 1 saturated heterocycles. The number of carbonyl (C=O) groups excluding carboxylic acids is 3. The van der Waals surface area contributed by atoms with Gasteiger partial charge in [0.2, 0.25) is 0 Å². The Morgan fingerprint density at radius 3 is 1.94 bits per heavy atom. The van der Waals surface area contributed by atoms with Crippen molar-refractivity contribution in [1.82, 2.24) is 0 Å². The van der Waals surface area contributed by atoms with E-state index in [0.717, 1.165) is 36.3 Å².